The minimum atomic E-state index is -0.131. The molecule has 0 aromatic carbocycles. The SMILES string of the molecule is CC(C)N(CC(N)=NO)C(=O)c1csc(Br)c1. The second-order valence-electron chi connectivity index (χ2n) is 3.76. The van der Waals surface area contributed by atoms with Crippen LogP contribution in [0.5, 0.6) is 0 Å². The molecule has 1 rings (SSSR count). The molecule has 0 aliphatic heterocycles. The molecule has 3 N–H and O–H groups in total. The molecule has 0 aliphatic carbocycles. The molecule has 0 unspecified atom stereocenters. The molecule has 94 valence electrons. The number of hydrogen-bond acceptors (Lipinski definition) is 4. The number of nitrogens with zero attached hydrogens (tertiary/aromatic N) is 2. The standard InChI is InChI=1S/C10H14BrN3O2S/c1-6(2)14(4-9(12)13-16)10(15)7-3-8(11)17-5-7/h3,5-6,16H,4H2,1-2H3,(H2,12,13). The van der Waals surface area contributed by atoms with Gasteiger partial charge < -0.3 is 15.8 Å². The van der Waals surface area contributed by atoms with E-state index in [1.54, 1.807) is 16.3 Å². The molecule has 0 saturated carbocycles. The molecule has 0 bridgehead atoms. The Morgan fingerprint density at radius 3 is 2.76 bits per heavy atom. The highest BCUT2D eigenvalue weighted by molar-refractivity contribution is 9.11. The van der Waals surface area contributed by atoms with Crippen LogP contribution in [0.3, 0.4) is 0 Å². The van der Waals surface area contributed by atoms with Crippen molar-refractivity contribution in [3.8, 4) is 0 Å². The smallest absolute Gasteiger partial charge is 0.255 e. The molecule has 7 heteroatoms. The molecular formula is C10H14BrN3O2S. The van der Waals surface area contributed by atoms with E-state index in [0.29, 0.717) is 5.56 Å². The number of halogens is 1. The van der Waals surface area contributed by atoms with Crippen LogP contribution in [0.15, 0.2) is 20.4 Å². The van der Waals surface area contributed by atoms with Gasteiger partial charge in [0.1, 0.15) is 0 Å². The Labute approximate surface area is 112 Å². The van der Waals surface area contributed by atoms with Gasteiger partial charge in [0.2, 0.25) is 0 Å². The molecule has 1 aromatic rings. The lowest BCUT2D eigenvalue weighted by atomic mass is 10.2. The number of amidine groups is 1. The van der Waals surface area contributed by atoms with Crippen LogP contribution in [0.1, 0.15) is 24.2 Å². The van der Waals surface area contributed by atoms with E-state index < -0.39 is 0 Å². The zero-order chi connectivity index (χ0) is 13.0. The zero-order valence-corrected chi connectivity index (χ0v) is 12.0. The van der Waals surface area contributed by atoms with Gasteiger partial charge in [-0.3, -0.25) is 4.79 Å². The van der Waals surface area contributed by atoms with Gasteiger partial charge in [-0.2, -0.15) is 0 Å². The Morgan fingerprint density at radius 1 is 1.71 bits per heavy atom. The lowest BCUT2D eigenvalue weighted by Crippen LogP contribution is -2.42. The average Bonchev–Trinajstić information content (AvgIpc) is 2.71. The minimum absolute atomic E-state index is 0.0151. The fourth-order valence-electron chi connectivity index (χ4n) is 1.28. The maximum absolute atomic E-state index is 12.2. The van der Waals surface area contributed by atoms with Crippen molar-refractivity contribution in [1.82, 2.24) is 4.90 Å². The number of rotatable bonds is 4. The van der Waals surface area contributed by atoms with E-state index in [1.165, 1.54) is 11.3 Å². The quantitative estimate of drug-likeness (QED) is 0.386. The Morgan fingerprint density at radius 2 is 2.35 bits per heavy atom. The van der Waals surface area contributed by atoms with Gasteiger partial charge in [-0.1, -0.05) is 5.16 Å². The highest BCUT2D eigenvalue weighted by Crippen LogP contribution is 2.22. The van der Waals surface area contributed by atoms with Gasteiger partial charge in [-0.25, -0.2) is 0 Å². The van der Waals surface area contributed by atoms with Crippen LogP contribution >= 0.6 is 27.3 Å². The monoisotopic (exact) mass is 319 g/mol. The van der Waals surface area contributed by atoms with Crippen LogP contribution in [0.2, 0.25) is 0 Å². The molecule has 1 amide bonds. The molecule has 0 aliphatic rings. The molecule has 0 radical (unpaired) electrons. The van der Waals surface area contributed by atoms with E-state index in [0.717, 1.165) is 3.79 Å². The second kappa shape index (κ2) is 6.02. The van der Waals surface area contributed by atoms with E-state index in [1.807, 2.05) is 13.8 Å². The maximum atomic E-state index is 12.2. The van der Waals surface area contributed by atoms with Crippen LogP contribution in [0.25, 0.3) is 0 Å². The molecule has 0 saturated heterocycles. The lowest BCUT2D eigenvalue weighted by Gasteiger charge is -2.25. The van der Waals surface area contributed by atoms with Crippen molar-refractivity contribution < 1.29 is 10.0 Å². The number of oxime groups is 1. The van der Waals surface area contributed by atoms with Gasteiger partial charge in [-0.05, 0) is 35.8 Å². The predicted octanol–water partition coefficient (Wildman–Crippen LogP) is 2.11. The first kappa shape index (κ1) is 14.0. The number of amides is 1. The van der Waals surface area contributed by atoms with Gasteiger partial charge in [0.25, 0.3) is 5.91 Å². The summed E-state index contributed by atoms with van der Waals surface area (Å²) in [5.41, 5.74) is 6.03. The second-order valence-corrected chi connectivity index (χ2v) is 6.05. The first-order valence-corrected chi connectivity index (χ1v) is 6.64. The summed E-state index contributed by atoms with van der Waals surface area (Å²) in [6.07, 6.45) is 0. The van der Waals surface area contributed by atoms with E-state index in [-0.39, 0.29) is 24.3 Å². The number of hydrogen-bond donors (Lipinski definition) is 2. The van der Waals surface area contributed by atoms with Crippen molar-refractivity contribution in [2.45, 2.75) is 19.9 Å². The molecule has 0 spiro atoms. The summed E-state index contributed by atoms with van der Waals surface area (Å²) >= 11 is 4.76. The maximum Gasteiger partial charge on any atom is 0.255 e. The first-order chi connectivity index (χ1) is 7.95. The van der Waals surface area contributed by atoms with E-state index in [9.17, 15) is 4.79 Å². The van der Waals surface area contributed by atoms with E-state index in [4.69, 9.17) is 10.9 Å². The number of carbonyl (C=O) groups is 1. The normalized spacial score (nSPS) is 11.9. The average molecular weight is 320 g/mol. The predicted molar refractivity (Wildman–Crippen MR) is 71.6 cm³/mol. The third-order valence-corrected chi connectivity index (χ3v) is 3.66. The summed E-state index contributed by atoms with van der Waals surface area (Å²) in [5.74, 6) is -0.116. The molecule has 0 fully saturated rings. The van der Waals surface area contributed by atoms with Crippen molar-refractivity contribution in [1.29, 1.82) is 0 Å². The summed E-state index contributed by atoms with van der Waals surface area (Å²) in [7, 11) is 0. The third-order valence-electron chi connectivity index (χ3n) is 2.16. The molecule has 17 heavy (non-hydrogen) atoms. The van der Waals surface area contributed by atoms with E-state index in [2.05, 4.69) is 21.1 Å². The summed E-state index contributed by atoms with van der Waals surface area (Å²) in [6, 6.07) is 1.73. The van der Waals surface area contributed by atoms with E-state index >= 15 is 0 Å². The van der Waals surface area contributed by atoms with Crippen molar-refractivity contribution in [2.24, 2.45) is 10.9 Å². The van der Waals surface area contributed by atoms with Gasteiger partial charge >= 0.3 is 0 Å². The first-order valence-electron chi connectivity index (χ1n) is 4.97. The van der Waals surface area contributed by atoms with Gasteiger partial charge in [0.15, 0.2) is 5.84 Å². The minimum Gasteiger partial charge on any atom is -0.409 e. The van der Waals surface area contributed by atoms with Gasteiger partial charge in [-0.15, -0.1) is 11.3 Å². The van der Waals surface area contributed by atoms with Gasteiger partial charge in [0.05, 0.1) is 15.9 Å². The third kappa shape index (κ3) is 3.71. The van der Waals surface area contributed by atoms with Crippen LogP contribution in [0.4, 0.5) is 0 Å². The molecular weight excluding hydrogens is 306 g/mol. The summed E-state index contributed by atoms with van der Waals surface area (Å²) in [4.78, 5) is 13.7. The van der Waals surface area contributed by atoms with Crippen LogP contribution < -0.4 is 5.73 Å². The Bertz CT molecular complexity index is 431. The highest BCUT2D eigenvalue weighted by Gasteiger charge is 2.20. The van der Waals surface area contributed by atoms with Crippen LogP contribution in [-0.2, 0) is 0 Å². The van der Waals surface area contributed by atoms with Crippen molar-refractivity contribution in [3.05, 3.63) is 20.8 Å². The summed E-state index contributed by atoms with van der Waals surface area (Å²) in [5, 5.41) is 13.2. The highest BCUT2D eigenvalue weighted by atomic mass is 79.9. The lowest BCUT2D eigenvalue weighted by molar-refractivity contribution is 0.0734. The summed E-state index contributed by atoms with van der Waals surface area (Å²) in [6.45, 7) is 3.87. The molecule has 5 nitrogen and oxygen atoms in total. The van der Waals surface area contributed by atoms with Crippen molar-refractivity contribution in [3.63, 3.8) is 0 Å². The number of nitrogens with two attached hydrogens (primary N) is 1. The largest absolute Gasteiger partial charge is 0.409 e. The van der Waals surface area contributed by atoms with Crippen molar-refractivity contribution in [2.75, 3.05) is 6.54 Å². The fourth-order valence-corrected chi connectivity index (χ4v) is 2.41. The Balaban J connectivity index is 2.88. The molecule has 1 aromatic heterocycles. The number of carbonyl (C=O) groups excluding carboxylic acids is 1. The Hall–Kier alpha value is -1.08. The Kier molecular flexibility index (Phi) is 4.95. The van der Waals surface area contributed by atoms with Crippen molar-refractivity contribution >= 4 is 39.0 Å². The van der Waals surface area contributed by atoms with Crippen LogP contribution in [0, 0.1) is 0 Å². The fraction of sp³-hybridized carbons (Fsp3) is 0.400. The van der Waals surface area contributed by atoms with Gasteiger partial charge in [0, 0.05) is 11.4 Å². The van der Waals surface area contributed by atoms with Crippen LogP contribution in [-0.4, -0.2) is 34.4 Å². The zero-order valence-electron chi connectivity index (χ0n) is 9.55. The topological polar surface area (TPSA) is 78.9 Å². The number of thiophene rings is 1. The molecule has 0 atom stereocenters. The molecule has 1 heterocycles. The summed E-state index contributed by atoms with van der Waals surface area (Å²) < 4.78 is 0.897.